The summed E-state index contributed by atoms with van der Waals surface area (Å²) in [6.07, 6.45) is 1.89. The molecule has 3 N–H and O–H groups in total. The minimum Gasteiger partial charge on any atom is -0.508 e. The molecule has 1 aliphatic rings. The standard InChI is InChI=1S/C11H15NO/c1-7-8-3-2-4-11(13)9(8)5-6-10(7)12/h2-4,7,10,13H,5-6,12H2,1H3/t7-,10+/m0/s1. The molecular weight excluding hydrogens is 162 g/mol. The first-order valence-electron chi connectivity index (χ1n) is 4.76. The second kappa shape index (κ2) is 3.04. The van der Waals surface area contributed by atoms with Crippen LogP contribution in [0, 0.1) is 0 Å². The van der Waals surface area contributed by atoms with E-state index >= 15 is 0 Å². The summed E-state index contributed by atoms with van der Waals surface area (Å²) in [5.41, 5.74) is 8.28. The van der Waals surface area contributed by atoms with Crippen LogP contribution in [0.3, 0.4) is 0 Å². The highest BCUT2D eigenvalue weighted by Gasteiger charge is 2.24. The van der Waals surface area contributed by atoms with E-state index in [9.17, 15) is 5.11 Å². The normalized spacial score (nSPS) is 26.9. The first-order valence-corrected chi connectivity index (χ1v) is 4.76. The van der Waals surface area contributed by atoms with Gasteiger partial charge in [0.1, 0.15) is 5.75 Å². The summed E-state index contributed by atoms with van der Waals surface area (Å²) >= 11 is 0. The fourth-order valence-corrected chi connectivity index (χ4v) is 2.08. The third-order valence-electron chi connectivity index (χ3n) is 3.05. The third kappa shape index (κ3) is 1.31. The third-order valence-corrected chi connectivity index (χ3v) is 3.05. The zero-order valence-corrected chi connectivity index (χ0v) is 7.83. The number of hydrogen-bond acceptors (Lipinski definition) is 2. The van der Waals surface area contributed by atoms with Crippen molar-refractivity contribution in [2.45, 2.75) is 31.7 Å². The molecule has 2 rings (SSSR count). The molecule has 13 heavy (non-hydrogen) atoms. The molecular formula is C11H15NO. The van der Waals surface area contributed by atoms with Crippen molar-refractivity contribution in [3.05, 3.63) is 29.3 Å². The molecule has 0 amide bonds. The first-order chi connectivity index (χ1) is 6.20. The van der Waals surface area contributed by atoms with Crippen molar-refractivity contribution >= 4 is 0 Å². The van der Waals surface area contributed by atoms with Crippen molar-refractivity contribution in [1.29, 1.82) is 0 Å². The van der Waals surface area contributed by atoms with Crippen molar-refractivity contribution in [2.75, 3.05) is 0 Å². The summed E-state index contributed by atoms with van der Waals surface area (Å²) in [4.78, 5) is 0. The van der Waals surface area contributed by atoms with Crippen molar-refractivity contribution in [2.24, 2.45) is 5.73 Å². The van der Waals surface area contributed by atoms with E-state index in [1.165, 1.54) is 5.56 Å². The number of phenols is 1. The smallest absolute Gasteiger partial charge is 0.119 e. The second-order valence-corrected chi connectivity index (χ2v) is 3.84. The Morgan fingerprint density at radius 2 is 2.23 bits per heavy atom. The highest BCUT2D eigenvalue weighted by molar-refractivity contribution is 5.43. The topological polar surface area (TPSA) is 46.2 Å². The molecule has 70 valence electrons. The molecule has 0 saturated heterocycles. The first kappa shape index (κ1) is 8.57. The second-order valence-electron chi connectivity index (χ2n) is 3.84. The summed E-state index contributed by atoms with van der Waals surface area (Å²) in [6, 6.07) is 5.96. The Hall–Kier alpha value is -1.02. The van der Waals surface area contributed by atoms with E-state index in [-0.39, 0.29) is 6.04 Å². The van der Waals surface area contributed by atoms with Crippen LogP contribution in [-0.2, 0) is 6.42 Å². The van der Waals surface area contributed by atoms with Crippen LogP contribution in [0.1, 0.15) is 30.4 Å². The number of fused-ring (bicyclic) bond motifs is 1. The van der Waals surface area contributed by atoms with Crippen LogP contribution in [0.2, 0.25) is 0 Å². The van der Waals surface area contributed by atoms with E-state index in [1.54, 1.807) is 6.07 Å². The number of benzene rings is 1. The predicted molar refractivity (Wildman–Crippen MR) is 52.8 cm³/mol. The quantitative estimate of drug-likeness (QED) is 0.634. The van der Waals surface area contributed by atoms with Crippen molar-refractivity contribution in [3.63, 3.8) is 0 Å². The number of rotatable bonds is 0. The van der Waals surface area contributed by atoms with Gasteiger partial charge in [-0.1, -0.05) is 19.1 Å². The summed E-state index contributed by atoms with van der Waals surface area (Å²) in [6.45, 7) is 2.13. The van der Waals surface area contributed by atoms with Gasteiger partial charge in [-0.25, -0.2) is 0 Å². The molecule has 0 heterocycles. The molecule has 0 bridgehead atoms. The van der Waals surface area contributed by atoms with Gasteiger partial charge < -0.3 is 10.8 Å². The van der Waals surface area contributed by atoms with Gasteiger partial charge in [0, 0.05) is 6.04 Å². The average molecular weight is 177 g/mol. The summed E-state index contributed by atoms with van der Waals surface area (Å²) in [5.74, 6) is 0.798. The molecule has 0 fully saturated rings. The molecule has 2 nitrogen and oxygen atoms in total. The zero-order valence-electron chi connectivity index (χ0n) is 7.83. The minimum atomic E-state index is 0.245. The van der Waals surface area contributed by atoms with E-state index in [1.807, 2.05) is 6.07 Å². The Kier molecular flexibility index (Phi) is 2.00. The van der Waals surface area contributed by atoms with E-state index in [0.29, 0.717) is 11.7 Å². The number of hydrogen-bond donors (Lipinski definition) is 2. The number of phenolic OH excluding ortho intramolecular Hbond substituents is 1. The van der Waals surface area contributed by atoms with Crippen molar-refractivity contribution in [1.82, 2.24) is 0 Å². The molecule has 1 aliphatic carbocycles. The molecule has 0 aromatic heterocycles. The molecule has 0 aliphatic heterocycles. The lowest BCUT2D eigenvalue weighted by molar-refractivity contribution is 0.442. The van der Waals surface area contributed by atoms with Crippen molar-refractivity contribution in [3.8, 4) is 5.75 Å². The molecule has 2 atom stereocenters. The SMILES string of the molecule is C[C@H]1c2cccc(O)c2CC[C@H]1N. The Balaban J connectivity index is 2.49. The fraction of sp³-hybridized carbons (Fsp3) is 0.455. The summed E-state index contributed by atoms with van der Waals surface area (Å²) in [5, 5.41) is 9.62. The number of aromatic hydroxyl groups is 1. The Labute approximate surface area is 78.4 Å². The molecule has 0 radical (unpaired) electrons. The van der Waals surface area contributed by atoms with Gasteiger partial charge in [-0.3, -0.25) is 0 Å². The van der Waals surface area contributed by atoms with Gasteiger partial charge >= 0.3 is 0 Å². The molecule has 1 aromatic carbocycles. The van der Waals surface area contributed by atoms with E-state index < -0.39 is 0 Å². The summed E-state index contributed by atoms with van der Waals surface area (Å²) in [7, 11) is 0. The largest absolute Gasteiger partial charge is 0.508 e. The van der Waals surface area contributed by atoms with Gasteiger partial charge in [0.25, 0.3) is 0 Å². The summed E-state index contributed by atoms with van der Waals surface area (Å²) < 4.78 is 0. The Morgan fingerprint density at radius 3 is 3.00 bits per heavy atom. The highest BCUT2D eigenvalue weighted by atomic mass is 16.3. The fourth-order valence-electron chi connectivity index (χ4n) is 2.08. The van der Waals surface area contributed by atoms with Gasteiger partial charge in [0.05, 0.1) is 0 Å². The predicted octanol–water partition coefficient (Wildman–Crippen LogP) is 1.77. The minimum absolute atomic E-state index is 0.245. The maximum atomic E-state index is 9.62. The van der Waals surface area contributed by atoms with Crippen LogP contribution in [0.25, 0.3) is 0 Å². The lowest BCUT2D eigenvalue weighted by Gasteiger charge is -2.28. The molecule has 2 heteroatoms. The molecule has 0 unspecified atom stereocenters. The molecule has 1 aromatic rings. The van der Waals surface area contributed by atoms with Gasteiger partial charge in [-0.05, 0) is 36.0 Å². The van der Waals surface area contributed by atoms with Gasteiger partial charge in [-0.2, -0.15) is 0 Å². The average Bonchev–Trinajstić information content (AvgIpc) is 2.12. The van der Waals surface area contributed by atoms with Crippen LogP contribution in [-0.4, -0.2) is 11.1 Å². The van der Waals surface area contributed by atoms with Crippen LogP contribution < -0.4 is 5.73 Å². The zero-order chi connectivity index (χ0) is 9.42. The van der Waals surface area contributed by atoms with Crippen LogP contribution in [0.15, 0.2) is 18.2 Å². The molecule has 0 saturated carbocycles. The number of nitrogens with two attached hydrogens (primary N) is 1. The van der Waals surface area contributed by atoms with Crippen molar-refractivity contribution < 1.29 is 5.11 Å². The maximum absolute atomic E-state index is 9.62. The van der Waals surface area contributed by atoms with Gasteiger partial charge in [-0.15, -0.1) is 0 Å². The van der Waals surface area contributed by atoms with Gasteiger partial charge in [0.2, 0.25) is 0 Å². The van der Waals surface area contributed by atoms with E-state index in [0.717, 1.165) is 18.4 Å². The Morgan fingerprint density at radius 1 is 1.46 bits per heavy atom. The van der Waals surface area contributed by atoms with E-state index in [2.05, 4.69) is 13.0 Å². The maximum Gasteiger partial charge on any atom is 0.119 e. The van der Waals surface area contributed by atoms with Crippen LogP contribution in [0.5, 0.6) is 5.75 Å². The molecule has 0 spiro atoms. The van der Waals surface area contributed by atoms with E-state index in [4.69, 9.17) is 5.73 Å². The lowest BCUT2D eigenvalue weighted by Crippen LogP contribution is -2.31. The highest BCUT2D eigenvalue weighted by Crippen LogP contribution is 2.34. The Bertz CT molecular complexity index is 322. The van der Waals surface area contributed by atoms with Gasteiger partial charge in [0.15, 0.2) is 0 Å². The lowest BCUT2D eigenvalue weighted by atomic mass is 9.80. The van der Waals surface area contributed by atoms with Crippen LogP contribution in [0.4, 0.5) is 0 Å². The monoisotopic (exact) mass is 177 g/mol. The van der Waals surface area contributed by atoms with Crippen LogP contribution >= 0.6 is 0 Å².